The number of aldehydes is 1. The summed E-state index contributed by atoms with van der Waals surface area (Å²) in [6.07, 6.45) is 0.0761. The molecule has 0 heterocycles. The van der Waals surface area contributed by atoms with Gasteiger partial charge in [-0.2, -0.15) is 8.42 Å². The second-order valence-electron chi connectivity index (χ2n) is 1.58. The van der Waals surface area contributed by atoms with E-state index in [9.17, 15) is 13.2 Å². The van der Waals surface area contributed by atoms with Crippen LogP contribution in [-0.2, 0) is 19.1 Å². The van der Waals surface area contributed by atoms with Crippen molar-refractivity contribution in [3.63, 3.8) is 0 Å². The molecule has 7 heteroatoms. The van der Waals surface area contributed by atoms with Gasteiger partial charge in [-0.3, -0.25) is 8.98 Å². The third-order valence-electron chi connectivity index (χ3n) is 0.782. The molecule has 0 unspecified atom stereocenters. The number of hydrogen-bond acceptors (Lipinski definition) is 5. The molecule has 0 spiro atoms. The van der Waals surface area contributed by atoms with Crippen LogP contribution in [0.3, 0.4) is 0 Å². The molecule has 0 amide bonds. The number of rotatable bonds is 5. The van der Waals surface area contributed by atoms with Gasteiger partial charge >= 0.3 is 18.9 Å². The molecule has 0 aliphatic carbocycles. The van der Waals surface area contributed by atoms with E-state index < -0.39 is 21.6 Å². The largest absolute Gasteiger partial charge is 1.00 e. The second-order valence-corrected chi connectivity index (χ2v) is 3.25. The molecule has 5 nitrogen and oxygen atoms in total. The van der Waals surface area contributed by atoms with Crippen LogP contribution >= 0.6 is 0 Å². The van der Waals surface area contributed by atoms with Gasteiger partial charge in [-0.25, -0.2) is 0 Å². The fourth-order valence-electron chi connectivity index (χ4n) is 0.282. The zero-order valence-electron chi connectivity index (χ0n) is 7.69. The summed E-state index contributed by atoms with van der Waals surface area (Å²) in [7, 11) is -3.99. The number of aliphatic hydroxyl groups excluding tert-OH is 1. The van der Waals surface area contributed by atoms with Crippen molar-refractivity contribution in [1.29, 1.82) is 0 Å². The van der Waals surface area contributed by atoms with Crippen molar-refractivity contribution in [1.82, 2.24) is 0 Å². The average molecular weight is 188 g/mol. The van der Waals surface area contributed by atoms with E-state index in [0.717, 1.165) is 0 Å². The predicted octanol–water partition coefficient (Wildman–Crippen LogP) is -3.85. The quantitative estimate of drug-likeness (QED) is 0.207. The standard InChI is InChI=1S/C5H8O5S.Li.H/c1-5(4-7)11(8,9)10-3-2-6;;/h4,6H,1-3H2;;/q;+1;-1. The van der Waals surface area contributed by atoms with Gasteiger partial charge in [0.25, 0.3) is 10.1 Å². The van der Waals surface area contributed by atoms with Crippen LogP contribution in [0.25, 0.3) is 0 Å². The first-order valence-electron chi connectivity index (χ1n) is 2.69. The summed E-state index contributed by atoms with van der Waals surface area (Å²) in [6.45, 7) is 2.14. The van der Waals surface area contributed by atoms with Crippen molar-refractivity contribution in [2.75, 3.05) is 13.2 Å². The summed E-state index contributed by atoms with van der Waals surface area (Å²) in [4.78, 5) is 9.25. The predicted molar refractivity (Wildman–Crippen MR) is 38.3 cm³/mol. The molecule has 0 aliphatic rings. The van der Waals surface area contributed by atoms with E-state index in [1.807, 2.05) is 0 Å². The van der Waals surface area contributed by atoms with Gasteiger partial charge in [-0.1, -0.05) is 6.58 Å². The molecule has 0 aromatic heterocycles. The number of hydrogen-bond donors (Lipinski definition) is 1. The van der Waals surface area contributed by atoms with Gasteiger partial charge in [-0.05, 0) is 0 Å². The van der Waals surface area contributed by atoms with Crippen molar-refractivity contribution in [2.45, 2.75) is 0 Å². The van der Waals surface area contributed by atoms with E-state index in [4.69, 9.17) is 5.11 Å². The molecular weight excluding hydrogens is 179 g/mol. The Labute approximate surface area is 84.2 Å². The Kier molecular flexibility index (Phi) is 7.68. The first-order valence-corrected chi connectivity index (χ1v) is 4.10. The van der Waals surface area contributed by atoms with Crippen LogP contribution in [0, 0.1) is 0 Å². The maximum absolute atomic E-state index is 10.7. The molecule has 12 heavy (non-hydrogen) atoms. The summed E-state index contributed by atoms with van der Waals surface area (Å²) < 4.78 is 25.4. The van der Waals surface area contributed by atoms with Crippen LogP contribution in [0.15, 0.2) is 11.5 Å². The average Bonchev–Trinajstić information content (AvgIpc) is 1.99. The van der Waals surface area contributed by atoms with E-state index in [2.05, 4.69) is 10.8 Å². The Bertz CT molecular complexity index is 250. The van der Waals surface area contributed by atoms with E-state index in [-0.39, 0.29) is 33.2 Å². The van der Waals surface area contributed by atoms with Crippen LogP contribution < -0.4 is 18.9 Å². The Morgan fingerprint density at radius 2 is 2.17 bits per heavy atom. The molecule has 0 bridgehead atoms. The Morgan fingerprint density at radius 3 is 2.50 bits per heavy atom. The van der Waals surface area contributed by atoms with Crippen LogP contribution in [0.4, 0.5) is 0 Å². The van der Waals surface area contributed by atoms with Gasteiger partial charge in [0.15, 0.2) is 6.29 Å². The van der Waals surface area contributed by atoms with E-state index >= 15 is 0 Å². The Morgan fingerprint density at radius 1 is 1.67 bits per heavy atom. The minimum absolute atomic E-state index is 0. The van der Waals surface area contributed by atoms with Crippen LogP contribution in [0.1, 0.15) is 1.43 Å². The summed E-state index contributed by atoms with van der Waals surface area (Å²) in [5, 5.41) is 8.18. The van der Waals surface area contributed by atoms with Crippen LogP contribution in [-0.4, -0.2) is 33.0 Å². The number of allylic oxidation sites excluding steroid dienone is 1. The third-order valence-corrected chi connectivity index (χ3v) is 2.00. The fraction of sp³-hybridized carbons (Fsp3) is 0.400. The van der Waals surface area contributed by atoms with Crippen molar-refractivity contribution in [2.24, 2.45) is 0 Å². The van der Waals surface area contributed by atoms with E-state index in [1.54, 1.807) is 0 Å². The Hall–Kier alpha value is -0.123. The Balaban J connectivity index is -0.000000500. The normalized spacial score (nSPS) is 10.1. The number of carbonyl (C=O) groups excluding carboxylic acids is 1. The molecular formula is C5H9LiO5S. The summed E-state index contributed by atoms with van der Waals surface area (Å²) in [5.74, 6) is 0. The minimum Gasteiger partial charge on any atom is -1.00 e. The topological polar surface area (TPSA) is 80.7 Å². The summed E-state index contributed by atoms with van der Waals surface area (Å²) in [6, 6.07) is 0. The van der Waals surface area contributed by atoms with Gasteiger partial charge in [0.05, 0.1) is 13.2 Å². The molecule has 0 fully saturated rings. The molecule has 0 aromatic rings. The molecule has 0 saturated heterocycles. The molecule has 0 saturated carbocycles. The summed E-state index contributed by atoms with van der Waals surface area (Å²) >= 11 is 0. The minimum atomic E-state index is -3.99. The molecule has 0 atom stereocenters. The van der Waals surface area contributed by atoms with Crippen molar-refractivity contribution < 1.29 is 42.8 Å². The zero-order valence-corrected chi connectivity index (χ0v) is 7.50. The monoisotopic (exact) mass is 188 g/mol. The van der Waals surface area contributed by atoms with Gasteiger partial charge in [0, 0.05) is 0 Å². The molecule has 0 aliphatic heterocycles. The summed E-state index contributed by atoms with van der Waals surface area (Å²) in [5.41, 5.74) is 0. The molecule has 0 aromatic carbocycles. The third kappa shape index (κ3) is 4.69. The maximum Gasteiger partial charge on any atom is 1.00 e. The van der Waals surface area contributed by atoms with Crippen molar-refractivity contribution in [3.05, 3.63) is 11.5 Å². The molecule has 66 valence electrons. The van der Waals surface area contributed by atoms with Crippen molar-refractivity contribution in [3.8, 4) is 0 Å². The number of aliphatic hydroxyl groups is 1. The van der Waals surface area contributed by atoms with Gasteiger partial charge in [0.2, 0.25) is 0 Å². The SMILES string of the molecule is C=C(C=O)S(=O)(=O)OCCO.[H-].[Li+]. The maximum atomic E-state index is 10.7. The molecule has 1 N–H and O–H groups in total. The van der Waals surface area contributed by atoms with Gasteiger partial charge < -0.3 is 6.53 Å². The molecule has 0 radical (unpaired) electrons. The van der Waals surface area contributed by atoms with Gasteiger partial charge in [0.1, 0.15) is 4.91 Å². The number of carbonyl (C=O) groups is 1. The fourth-order valence-corrected chi connectivity index (χ4v) is 0.845. The second kappa shape index (κ2) is 6.40. The zero-order chi connectivity index (χ0) is 8.91. The van der Waals surface area contributed by atoms with E-state index in [1.165, 1.54) is 0 Å². The smallest absolute Gasteiger partial charge is 1.00 e. The van der Waals surface area contributed by atoms with Gasteiger partial charge in [-0.15, -0.1) is 0 Å². The van der Waals surface area contributed by atoms with Crippen LogP contribution in [0.5, 0.6) is 0 Å². The van der Waals surface area contributed by atoms with Crippen molar-refractivity contribution >= 4 is 16.4 Å². The van der Waals surface area contributed by atoms with Crippen LogP contribution in [0.2, 0.25) is 0 Å². The molecule has 0 rings (SSSR count). The first-order chi connectivity index (χ1) is 5.04. The van der Waals surface area contributed by atoms with E-state index in [0.29, 0.717) is 0 Å². The first kappa shape index (κ1) is 14.4.